The van der Waals surface area contributed by atoms with Crippen LogP contribution in [0.2, 0.25) is 0 Å². The molecule has 0 saturated heterocycles. The maximum Gasteiger partial charge on any atom is 0.0546 e. The highest BCUT2D eigenvalue weighted by molar-refractivity contribution is 9.10. The van der Waals surface area contributed by atoms with Gasteiger partial charge in [0.2, 0.25) is 0 Å². The van der Waals surface area contributed by atoms with Crippen LogP contribution in [0.4, 0.5) is 5.69 Å². The first kappa shape index (κ1) is 9.07. The average molecular weight is 240 g/mol. The molecule has 1 atom stereocenters. The lowest BCUT2D eigenvalue weighted by Crippen LogP contribution is -2.28. The van der Waals surface area contributed by atoms with Crippen molar-refractivity contribution in [2.45, 2.75) is 26.3 Å². The standard InChI is InChI=1S/C11H14BrN/c1-3-13-8(2)7-9-5-4-6-10(12)11(9)13/h4-6,8H,3,7H2,1-2H3. The third kappa shape index (κ3) is 1.37. The Labute approximate surface area is 87.9 Å². The van der Waals surface area contributed by atoms with Gasteiger partial charge in [-0.2, -0.15) is 0 Å². The summed E-state index contributed by atoms with van der Waals surface area (Å²) in [5, 5.41) is 0. The van der Waals surface area contributed by atoms with Crippen LogP contribution in [0.1, 0.15) is 19.4 Å². The van der Waals surface area contributed by atoms with Gasteiger partial charge in [0.25, 0.3) is 0 Å². The first-order valence-corrected chi connectivity index (χ1v) is 5.57. The minimum absolute atomic E-state index is 0.652. The second-order valence-electron chi connectivity index (χ2n) is 3.59. The number of likely N-dealkylation sites (N-methyl/N-ethyl adjacent to an activating group) is 1. The van der Waals surface area contributed by atoms with Crippen LogP contribution in [0.5, 0.6) is 0 Å². The van der Waals surface area contributed by atoms with E-state index in [1.165, 1.54) is 22.1 Å². The van der Waals surface area contributed by atoms with Gasteiger partial charge in [-0.1, -0.05) is 12.1 Å². The largest absolute Gasteiger partial charge is 0.368 e. The highest BCUT2D eigenvalue weighted by Gasteiger charge is 2.25. The minimum atomic E-state index is 0.652. The van der Waals surface area contributed by atoms with E-state index >= 15 is 0 Å². The van der Waals surface area contributed by atoms with E-state index in [0.717, 1.165) is 6.54 Å². The van der Waals surface area contributed by atoms with Crippen LogP contribution in [0.25, 0.3) is 0 Å². The highest BCUT2D eigenvalue weighted by Crippen LogP contribution is 2.37. The molecule has 0 N–H and O–H groups in total. The molecule has 1 heterocycles. The van der Waals surface area contributed by atoms with Gasteiger partial charge in [0.05, 0.1) is 5.69 Å². The molecule has 13 heavy (non-hydrogen) atoms. The molecule has 0 saturated carbocycles. The monoisotopic (exact) mass is 239 g/mol. The third-order valence-corrected chi connectivity index (χ3v) is 3.39. The fourth-order valence-electron chi connectivity index (χ4n) is 2.16. The summed E-state index contributed by atoms with van der Waals surface area (Å²) in [6.45, 7) is 5.60. The highest BCUT2D eigenvalue weighted by atomic mass is 79.9. The molecule has 0 bridgehead atoms. The van der Waals surface area contributed by atoms with Crippen LogP contribution in [0.3, 0.4) is 0 Å². The molecule has 1 aliphatic rings. The first-order valence-electron chi connectivity index (χ1n) is 4.78. The maximum absolute atomic E-state index is 3.61. The lowest BCUT2D eigenvalue weighted by Gasteiger charge is -2.23. The van der Waals surface area contributed by atoms with Gasteiger partial charge in [0, 0.05) is 17.1 Å². The molecule has 0 radical (unpaired) electrons. The van der Waals surface area contributed by atoms with Crippen molar-refractivity contribution < 1.29 is 0 Å². The van der Waals surface area contributed by atoms with Gasteiger partial charge in [-0.25, -0.2) is 0 Å². The maximum atomic E-state index is 3.61. The van der Waals surface area contributed by atoms with Crippen molar-refractivity contribution in [1.82, 2.24) is 0 Å². The van der Waals surface area contributed by atoms with Gasteiger partial charge in [0.1, 0.15) is 0 Å². The number of hydrogen-bond acceptors (Lipinski definition) is 1. The van der Waals surface area contributed by atoms with Gasteiger partial charge in [0.15, 0.2) is 0 Å². The number of hydrogen-bond donors (Lipinski definition) is 0. The van der Waals surface area contributed by atoms with Crippen molar-refractivity contribution in [3.05, 3.63) is 28.2 Å². The molecule has 2 heteroatoms. The number of rotatable bonds is 1. The number of benzene rings is 1. The molecule has 0 amide bonds. The smallest absolute Gasteiger partial charge is 0.0546 e. The Kier molecular flexibility index (Phi) is 2.33. The zero-order valence-corrected chi connectivity index (χ0v) is 9.63. The van der Waals surface area contributed by atoms with Crippen molar-refractivity contribution in [1.29, 1.82) is 0 Å². The molecule has 1 aromatic carbocycles. The number of nitrogens with zero attached hydrogens (tertiary/aromatic N) is 1. The van der Waals surface area contributed by atoms with Crippen LogP contribution < -0.4 is 4.90 Å². The number of para-hydroxylation sites is 1. The summed E-state index contributed by atoms with van der Waals surface area (Å²) in [6.07, 6.45) is 1.18. The van der Waals surface area contributed by atoms with Gasteiger partial charge in [-0.3, -0.25) is 0 Å². The zero-order valence-electron chi connectivity index (χ0n) is 8.05. The normalized spacial score (nSPS) is 20.5. The fraction of sp³-hybridized carbons (Fsp3) is 0.455. The summed E-state index contributed by atoms with van der Waals surface area (Å²) in [7, 11) is 0. The van der Waals surface area contributed by atoms with Crippen molar-refractivity contribution in [3.63, 3.8) is 0 Å². The summed E-state index contributed by atoms with van der Waals surface area (Å²) in [5.74, 6) is 0. The van der Waals surface area contributed by atoms with Crippen molar-refractivity contribution in [3.8, 4) is 0 Å². The summed E-state index contributed by atoms with van der Waals surface area (Å²) in [4.78, 5) is 2.46. The predicted octanol–water partition coefficient (Wildman–Crippen LogP) is 3.22. The minimum Gasteiger partial charge on any atom is -0.368 e. The lowest BCUT2D eigenvalue weighted by molar-refractivity contribution is 0.690. The Morgan fingerprint density at radius 1 is 1.54 bits per heavy atom. The van der Waals surface area contributed by atoms with Crippen LogP contribution in [-0.4, -0.2) is 12.6 Å². The molecule has 1 aliphatic heterocycles. The second kappa shape index (κ2) is 3.33. The molecule has 0 aliphatic carbocycles. The van der Waals surface area contributed by atoms with Crippen LogP contribution in [-0.2, 0) is 6.42 Å². The van der Waals surface area contributed by atoms with E-state index < -0.39 is 0 Å². The molecule has 1 aromatic rings. The van der Waals surface area contributed by atoms with Crippen molar-refractivity contribution >= 4 is 21.6 Å². The van der Waals surface area contributed by atoms with Crippen molar-refractivity contribution in [2.75, 3.05) is 11.4 Å². The number of fused-ring (bicyclic) bond motifs is 1. The van der Waals surface area contributed by atoms with Crippen LogP contribution in [0, 0.1) is 0 Å². The predicted molar refractivity (Wildman–Crippen MR) is 60.3 cm³/mol. The van der Waals surface area contributed by atoms with E-state index in [2.05, 4.69) is 52.9 Å². The molecule has 1 unspecified atom stereocenters. The van der Waals surface area contributed by atoms with E-state index in [-0.39, 0.29) is 0 Å². The third-order valence-electron chi connectivity index (χ3n) is 2.75. The van der Waals surface area contributed by atoms with E-state index in [1.807, 2.05) is 0 Å². The Balaban J connectivity index is 2.49. The first-order chi connectivity index (χ1) is 6.24. The number of halogens is 1. The Morgan fingerprint density at radius 2 is 2.31 bits per heavy atom. The summed E-state index contributed by atoms with van der Waals surface area (Å²) >= 11 is 3.61. The molecule has 2 rings (SSSR count). The summed E-state index contributed by atoms with van der Waals surface area (Å²) in [6, 6.07) is 7.12. The topological polar surface area (TPSA) is 3.24 Å². The fourth-order valence-corrected chi connectivity index (χ4v) is 2.80. The zero-order chi connectivity index (χ0) is 9.42. The van der Waals surface area contributed by atoms with Crippen LogP contribution in [0.15, 0.2) is 22.7 Å². The van der Waals surface area contributed by atoms with Crippen LogP contribution >= 0.6 is 15.9 Å². The van der Waals surface area contributed by atoms with Gasteiger partial charge in [-0.15, -0.1) is 0 Å². The molecule has 70 valence electrons. The quantitative estimate of drug-likeness (QED) is 0.728. The van der Waals surface area contributed by atoms with Gasteiger partial charge >= 0.3 is 0 Å². The van der Waals surface area contributed by atoms with E-state index in [4.69, 9.17) is 0 Å². The van der Waals surface area contributed by atoms with Gasteiger partial charge in [-0.05, 0) is 47.8 Å². The second-order valence-corrected chi connectivity index (χ2v) is 4.44. The van der Waals surface area contributed by atoms with E-state index in [0.29, 0.717) is 6.04 Å². The van der Waals surface area contributed by atoms with E-state index in [1.54, 1.807) is 0 Å². The van der Waals surface area contributed by atoms with E-state index in [9.17, 15) is 0 Å². The molecular weight excluding hydrogens is 226 g/mol. The Hall–Kier alpha value is -0.500. The van der Waals surface area contributed by atoms with Gasteiger partial charge < -0.3 is 4.90 Å². The Bertz CT molecular complexity index is 322. The summed E-state index contributed by atoms with van der Waals surface area (Å²) in [5.41, 5.74) is 2.88. The number of anilines is 1. The lowest BCUT2D eigenvalue weighted by atomic mass is 10.1. The molecule has 1 nitrogen and oxygen atoms in total. The van der Waals surface area contributed by atoms with Crippen molar-refractivity contribution in [2.24, 2.45) is 0 Å². The SMILES string of the molecule is CCN1c2c(Br)cccc2CC1C. The molecule has 0 fully saturated rings. The average Bonchev–Trinajstić information content (AvgIpc) is 2.42. The Morgan fingerprint density at radius 3 is 3.00 bits per heavy atom. The molecule has 0 spiro atoms. The summed E-state index contributed by atoms with van der Waals surface area (Å²) < 4.78 is 1.23. The molecular formula is C11H14BrN. The molecule has 0 aromatic heterocycles.